The molecule has 2 N–H and O–H groups in total. The fraction of sp³-hybridized carbons (Fsp3) is 0.500. The Kier molecular flexibility index (Phi) is 8.37. The molecule has 0 saturated carbocycles. The van der Waals surface area contributed by atoms with Crippen LogP contribution in [-0.2, 0) is 4.79 Å². The average molecular weight is 464 g/mol. The van der Waals surface area contributed by atoms with Gasteiger partial charge in [-0.1, -0.05) is 32.9 Å². The van der Waals surface area contributed by atoms with E-state index in [4.69, 9.17) is 0 Å². The van der Waals surface area contributed by atoms with Crippen molar-refractivity contribution in [2.75, 3.05) is 19.6 Å². The second-order valence-corrected chi connectivity index (χ2v) is 9.77. The van der Waals surface area contributed by atoms with Crippen LogP contribution in [0.25, 0.3) is 0 Å². The molecule has 0 radical (unpaired) electrons. The molecule has 2 aromatic rings. The minimum Gasteiger partial charge on any atom is -0.352 e. The number of hydrogen-bond acceptors (Lipinski definition) is 4. The highest BCUT2D eigenvalue weighted by Gasteiger charge is 2.30. The molecule has 8 heteroatoms. The molecule has 174 valence electrons. The minimum atomic E-state index is -0.956. The van der Waals surface area contributed by atoms with Crippen LogP contribution in [0.1, 0.15) is 54.9 Å². The van der Waals surface area contributed by atoms with Crippen LogP contribution < -0.4 is 10.6 Å². The van der Waals surface area contributed by atoms with Crippen molar-refractivity contribution in [2.45, 2.75) is 45.7 Å². The van der Waals surface area contributed by atoms with Crippen LogP contribution >= 0.6 is 11.3 Å². The molecule has 1 unspecified atom stereocenters. The van der Waals surface area contributed by atoms with Gasteiger partial charge in [0.15, 0.2) is 0 Å². The van der Waals surface area contributed by atoms with Gasteiger partial charge in [-0.3, -0.25) is 14.5 Å². The number of nitrogens with zero attached hydrogens (tertiary/aromatic N) is 1. The summed E-state index contributed by atoms with van der Waals surface area (Å²) in [5.74, 6) is -2.77. The molecule has 1 aliphatic rings. The first-order valence-electron chi connectivity index (χ1n) is 11.1. The number of rotatable bonds is 8. The number of nitrogens with one attached hydrogen (secondary N) is 2. The minimum absolute atomic E-state index is 0.0546. The van der Waals surface area contributed by atoms with Crippen LogP contribution in [0.5, 0.6) is 0 Å². The molecule has 0 aliphatic carbocycles. The molecule has 1 aromatic heterocycles. The van der Waals surface area contributed by atoms with Crippen molar-refractivity contribution in [3.05, 3.63) is 57.8 Å². The van der Waals surface area contributed by atoms with Crippen LogP contribution in [-0.4, -0.2) is 42.4 Å². The molecular formula is C24H31F2N3O2S. The lowest BCUT2D eigenvalue weighted by Gasteiger charge is -2.36. The number of carbonyl (C=O) groups excluding carboxylic acids is 2. The Morgan fingerprint density at radius 1 is 1.12 bits per heavy atom. The molecule has 2 atom stereocenters. The van der Waals surface area contributed by atoms with Crippen molar-refractivity contribution in [1.29, 1.82) is 0 Å². The van der Waals surface area contributed by atoms with Gasteiger partial charge in [-0.2, -0.15) is 0 Å². The fourth-order valence-corrected chi connectivity index (χ4v) is 4.86. The topological polar surface area (TPSA) is 61.4 Å². The van der Waals surface area contributed by atoms with Crippen LogP contribution in [0, 0.1) is 23.5 Å². The zero-order chi connectivity index (χ0) is 23.3. The molecule has 1 aliphatic heterocycles. The summed E-state index contributed by atoms with van der Waals surface area (Å²) in [6.07, 6.45) is 2.24. The number of carbonyl (C=O) groups is 2. The zero-order valence-electron chi connectivity index (χ0n) is 18.7. The maximum absolute atomic E-state index is 14.0. The van der Waals surface area contributed by atoms with Crippen LogP contribution in [0.4, 0.5) is 8.78 Å². The quantitative estimate of drug-likeness (QED) is 0.611. The molecule has 1 fully saturated rings. The summed E-state index contributed by atoms with van der Waals surface area (Å²) >= 11 is 1.66. The highest BCUT2D eigenvalue weighted by molar-refractivity contribution is 7.10. The van der Waals surface area contributed by atoms with Gasteiger partial charge in [0.25, 0.3) is 5.91 Å². The highest BCUT2D eigenvalue weighted by Crippen LogP contribution is 2.29. The maximum Gasteiger partial charge on any atom is 0.257 e. The van der Waals surface area contributed by atoms with Crippen LogP contribution in [0.2, 0.25) is 0 Å². The van der Waals surface area contributed by atoms with Crippen molar-refractivity contribution in [3.8, 4) is 0 Å². The van der Waals surface area contributed by atoms with Gasteiger partial charge in [0, 0.05) is 11.4 Å². The second-order valence-electron chi connectivity index (χ2n) is 8.79. The van der Waals surface area contributed by atoms with Crippen LogP contribution in [0.3, 0.4) is 0 Å². The predicted octanol–water partition coefficient (Wildman–Crippen LogP) is 4.37. The Morgan fingerprint density at radius 3 is 2.34 bits per heavy atom. The molecule has 2 amide bonds. The molecule has 3 rings (SSSR count). The molecular weight excluding hydrogens is 432 g/mol. The molecule has 2 heterocycles. The Labute approximate surface area is 192 Å². The van der Waals surface area contributed by atoms with Crippen molar-refractivity contribution in [2.24, 2.45) is 11.8 Å². The molecule has 1 aromatic carbocycles. The Balaban J connectivity index is 1.68. The summed E-state index contributed by atoms with van der Waals surface area (Å²) in [5.41, 5.74) is -0.676. The van der Waals surface area contributed by atoms with Gasteiger partial charge in [-0.15, -0.1) is 11.3 Å². The first-order valence-corrected chi connectivity index (χ1v) is 12.0. The largest absolute Gasteiger partial charge is 0.352 e. The maximum atomic E-state index is 14.0. The summed E-state index contributed by atoms with van der Waals surface area (Å²) in [4.78, 5) is 29.1. The Morgan fingerprint density at radius 2 is 1.78 bits per heavy atom. The number of thiophene rings is 1. The normalized spacial score (nSPS) is 17.2. The van der Waals surface area contributed by atoms with Gasteiger partial charge >= 0.3 is 0 Å². The van der Waals surface area contributed by atoms with E-state index in [-0.39, 0.29) is 17.9 Å². The lowest BCUT2D eigenvalue weighted by atomic mass is 9.97. The molecule has 0 bridgehead atoms. The standard InChI is InChI=1S/C24H31F2N3O2S/c1-15(2)22(28-23(30)21-17(25)6-4-7-18(21)26)24(31)27-14-19(20-8-5-13-32-20)29-11-9-16(3)10-12-29/h4-8,13,15-16,19,22H,9-12,14H2,1-3H3,(H,27,31)(H,28,30)/t19?,22-/m0/s1. The predicted molar refractivity (Wildman–Crippen MR) is 122 cm³/mol. The number of hydrogen-bond donors (Lipinski definition) is 2. The smallest absolute Gasteiger partial charge is 0.257 e. The lowest BCUT2D eigenvalue weighted by Crippen LogP contribution is -2.51. The lowest BCUT2D eigenvalue weighted by molar-refractivity contribution is -0.124. The first kappa shape index (κ1) is 24.3. The number of amides is 2. The number of halogens is 2. The van der Waals surface area contributed by atoms with E-state index in [1.165, 1.54) is 10.9 Å². The monoisotopic (exact) mass is 463 g/mol. The van der Waals surface area contributed by atoms with E-state index in [2.05, 4.69) is 28.5 Å². The van der Waals surface area contributed by atoms with Gasteiger partial charge in [0.05, 0.1) is 6.04 Å². The van der Waals surface area contributed by atoms with Gasteiger partial charge in [-0.25, -0.2) is 8.78 Å². The average Bonchev–Trinajstić information content (AvgIpc) is 3.27. The fourth-order valence-electron chi connectivity index (χ4n) is 4.00. The van der Waals surface area contributed by atoms with Crippen molar-refractivity contribution in [1.82, 2.24) is 15.5 Å². The third-order valence-electron chi connectivity index (χ3n) is 6.03. The number of likely N-dealkylation sites (tertiary alicyclic amines) is 1. The Bertz CT molecular complexity index is 892. The van der Waals surface area contributed by atoms with Gasteiger partial charge < -0.3 is 10.6 Å². The van der Waals surface area contributed by atoms with Gasteiger partial charge in [0.1, 0.15) is 23.2 Å². The van der Waals surface area contributed by atoms with E-state index in [0.717, 1.165) is 38.1 Å². The van der Waals surface area contributed by atoms with Gasteiger partial charge in [-0.05, 0) is 61.3 Å². The third kappa shape index (κ3) is 5.92. The van der Waals surface area contributed by atoms with Gasteiger partial charge in [0.2, 0.25) is 5.91 Å². The van der Waals surface area contributed by atoms with E-state index in [0.29, 0.717) is 12.5 Å². The van der Waals surface area contributed by atoms with E-state index in [1.807, 2.05) is 11.4 Å². The molecule has 0 spiro atoms. The molecule has 1 saturated heterocycles. The molecule has 5 nitrogen and oxygen atoms in total. The van der Waals surface area contributed by atoms with Crippen molar-refractivity contribution < 1.29 is 18.4 Å². The first-order chi connectivity index (χ1) is 15.3. The number of piperidine rings is 1. The highest BCUT2D eigenvalue weighted by atomic mass is 32.1. The summed E-state index contributed by atoms with van der Waals surface area (Å²) in [6, 6.07) is 6.45. The van der Waals surface area contributed by atoms with E-state index in [9.17, 15) is 18.4 Å². The zero-order valence-corrected chi connectivity index (χ0v) is 19.6. The summed E-state index contributed by atoms with van der Waals surface area (Å²) in [6.45, 7) is 8.16. The number of benzene rings is 1. The second kappa shape index (κ2) is 11.0. The summed E-state index contributed by atoms with van der Waals surface area (Å²) in [7, 11) is 0. The van der Waals surface area contributed by atoms with Crippen molar-refractivity contribution >= 4 is 23.2 Å². The van der Waals surface area contributed by atoms with Crippen molar-refractivity contribution in [3.63, 3.8) is 0 Å². The van der Waals surface area contributed by atoms with E-state index >= 15 is 0 Å². The van der Waals surface area contributed by atoms with E-state index in [1.54, 1.807) is 25.2 Å². The summed E-state index contributed by atoms with van der Waals surface area (Å²) < 4.78 is 28.0. The van der Waals surface area contributed by atoms with E-state index < -0.39 is 29.1 Å². The third-order valence-corrected chi connectivity index (χ3v) is 7.00. The summed E-state index contributed by atoms with van der Waals surface area (Å²) in [5, 5.41) is 7.51. The Hall–Kier alpha value is -2.32. The van der Waals surface area contributed by atoms with Crippen LogP contribution in [0.15, 0.2) is 35.7 Å². The molecule has 32 heavy (non-hydrogen) atoms. The SMILES string of the molecule is CC1CCN(C(CNC(=O)[C@@H](NC(=O)c2c(F)cccc2F)C(C)C)c2cccs2)CC1.